The molecule has 0 aliphatic heterocycles. The molecular weight excluding hydrogens is 238 g/mol. The number of rotatable bonds is 3. The number of imidazole rings is 1. The summed E-state index contributed by atoms with van der Waals surface area (Å²) in [6.07, 6.45) is 3.31. The third-order valence-electron chi connectivity index (χ3n) is 3.04. The van der Waals surface area contributed by atoms with E-state index in [0.717, 1.165) is 23.5 Å². The lowest BCUT2D eigenvalue weighted by Crippen LogP contribution is -2.03. The lowest BCUT2D eigenvalue weighted by atomic mass is 10.1. The molecule has 0 saturated heterocycles. The number of aryl methyl sites for hydroxylation is 2. The van der Waals surface area contributed by atoms with Gasteiger partial charge in [-0.3, -0.25) is 0 Å². The summed E-state index contributed by atoms with van der Waals surface area (Å²) in [5, 5.41) is 3.32. The second kappa shape index (κ2) is 4.68. The molecule has 0 aliphatic rings. The number of anilines is 1. The van der Waals surface area contributed by atoms with Gasteiger partial charge in [0, 0.05) is 13.6 Å². The van der Waals surface area contributed by atoms with Crippen LogP contribution in [0.1, 0.15) is 11.1 Å². The molecule has 2 aromatic heterocycles. The predicted octanol–water partition coefficient (Wildman–Crippen LogP) is 2.28. The largest absolute Gasteiger partial charge is 0.364 e. The van der Waals surface area contributed by atoms with Gasteiger partial charge in [0.2, 0.25) is 0 Å². The Balaban J connectivity index is 1.86. The van der Waals surface area contributed by atoms with Crippen LogP contribution >= 0.6 is 0 Å². The molecule has 5 nitrogen and oxygen atoms in total. The first kappa shape index (κ1) is 11.6. The molecule has 1 N–H and O–H groups in total. The van der Waals surface area contributed by atoms with Crippen molar-refractivity contribution in [2.24, 2.45) is 7.05 Å². The van der Waals surface area contributed by atoms with E-state index in [1.165, 1.54) is 11.1 Å². The minimum absolute atomic E-state index is 0.727. The molecule has 5 heteroatoms. The zero-order chi connectivity index (χ0) is 13.2. The highest BCUT2D eigenvalue weighted by atomic mass is 15.1. The van der Waals surface area contributed by atoms with Crippen LogP contribution < -0.4 is 5.32 Å². The van der Waals surface area contributed by atoms with Gasteiger partial charge in [0.25, 0.3) is 0 Å². The maximum Gasteiger partial charge on any atom is 0.165 e. The topological polar surface area (TPSA) is 55.6 Å². The summed E-state index contributed by atoms with van der Waals surface area (Å²) >= 11 is 0. The second-order valence-electron chi connectivity index (χ2n) is 4.59. The Bertz CT molecular complexity index is 717. The molecule has 0 fully saturated rings. The molecule has 0 atom stereocenters. The van der Waals surface area contributed by atoms with Crippen molar-refractivity contribution >= 4 is 17.0 Å². The van der Waals surface area contributed by atoms with Crippen LogP contribution in [0.2, 0.25) is 0 Å². The fourth-order valence-corrected chi connectivity index (χ4v) is 2.08. The quantitative estimate of drug-likeness (QED) is 0.778. The van der Waals surface area contributed by atoms with E-state index in [1.54, 1.807) is 12.7 Å². The van der Waals surface area contributed by atoms with Gasteiger partial charge in [-0.05, 0) is 12.5 Å². The minimum atomic E-state index is 0.727. The Morgan fingerprint density at radius 1 is 1.21 bits per heavy atom. The van der Waals surface area contributed by atoms with Crippen molar-refractivity contribution in [3.8, 4) is 0 Å². The normalized spacial score (nSPS) is 10.8. The maximum atomic E-state index is 4.32. The molecular formula is C14H15N5. The SMILES string of the molecule is Cc1cccc(CNc2ncnc3c2ncn3C)c1. The second-order valence-corrected chi connectivity index (χ2v) is 4.59. The summed E-state index contributed by atoms with van der Waals surface area (Å²) < 4.78 is 1.88. The van der Waals surface area contributed by atoms with Crippen LogP contribution in [0.25, 0.3) is 11.2 Å². The van der Waals surface area contributed by atoms with Gasteiger partial charge < -0.3 is 9.88 Å². The van der Waals surface area contributed by atoms with Crippen LogP contribution in [0.4, 0.5) is 5.82 Å². The van der Waals surface area contributed by atoms with Crippen molar-refractivity contribution in [3.63, 3.8) is 0 Å². The van der Waals surface area contributed by atoms with Crippen LogP contribution in [0.5, 0.6) is 0 Å². The fraction of sp³-hybridized carbons (Fsp3) is 0.214. The number of aromatic nitrogens is 4. The number of hydrogen-bond donors (Lipinski definition) is 1. The molecule has 0 bridgehead atoms. The lowest BCUT2D eigenvalue weighted by Gasteiger charge is -2.06. The first-order valence-corrected chi connectivity index (χ1v) is 6.15. The van der Waals surface area contributed by atoms with Gasteiger partial charge in [-0.1, -0.05) is 29.8 Å². The zero-order valence-electron chi connectivity index (χ0n) is 11.0. The van der Waals surface area contributed by atoms with Crippen LogP contribution in [0.15, 0.2) is 36.9 Å². The van der Waals surface area contributed by atoms with Gasteiger partial charge in [-0.25, -0.2) is 15.0 Å². The van der Waals surface area contributed by atoms with E-state index in [0.29, 0.717) is 0 Å². The van der Waals surface area contributed by atoms with Gasteiger partial charge in [-0.2, -0.15) is 0 Å². The molecule has 0 radical (unpaired) electrons. The van der Waals surface area contributed by atoms with Crippen LogP contribution in [-0.4, -0.2) is 19.5 Å². The summed E-state index contributed by atoms with van der Waals surface area (Å²) in [6, 6.07) is 8.40. The van der Waals surface area contributed by atoms with Gasteiger partial charge in [-0.15, -0.1) is 0 Å². The molecule has 19 heavy (non-hydrogen) atoms. The van der Waals surface area contributed by atoms with Crippen molar-refractivity contribution < 1.29 is 0 Å². The van der Waals surface area contributed by atoms with Crippen molar-refractivity contribution in [2.75, 3.05) is 5.32 Å². The standard InChI is InChI=1S/C14H15N5/c1-10-4-3-5-11(6-10)7-15-13-12-14(17-8-16-13)19(2)9-18-12/h3-6,8-9H,7H2,1-2H3,(H,15,16,17). The number of benzene rings is 1. The Morgan fingerprint density at radius 2 is 2.11 bits per heavy atom. The molecule has 1 aromatic carbocycles. The molecule has 96 valence electrons. The Hall–Kier alpha value is -2.43. The summed E-state index contributed by atoms with van der Waals surface area (Å²) in [7, 11) is 1.92. The average Bonchev–Trinajstić information content (AvgIpc) is 2.79. The Kier molecular flexibility index (Phi) is 2.87. The highest BCUT2D eigenvalue weighted by Gasteiger charge is 2.07. The smallest absolute Gasteiger partial charge is 0.165 e. The minimum Gasteiger partial charge on any atom is -0.364 e. The van der Waals surface area contributed by atoms with E-state index in [1.807, 2.05) is 11.6 Å². The molecule has 0 spiro atoms. The van der Waals surface area contributed by atoms with E-state index in [-0.39, 0.29) is 0 Å². The first-order valence-electron chi connectivity index (χ1n) is 6.15. The summed E-state index contributed by atoms with van der Waals surface area (Å²) in [5.41, 5.74) is 4.12. The highest BCUT2D eigenvalue weighted by molar-refractivity contribution is 5.82. The molecule has 0 saturated carbocycles. The third-order valence-corrected chi connectivity index (χ3v) is 3.04. The number of nitrogens with one attached hydrogen (secondary N) is 1. The van der Waals surface area contributed by atoms with Gasteiger partial charge in [0.1, 0.15) is 11.8 Å². The van der Waals surface area contributed by atoms with Gasteiger partial charge in [0.15, 0.2) is 11.5 Å². The van der Waals surface area contributed by atoms with Gasteiger partial charge in [0.05, 0.1) is 6.33 Å². The highest BCUT2D eigenvalue weighted by Crippen LogP contribution is 2.17. The van der Waals surface area contributed by atoms with Crippen LogP contribution in [-0.2, 0) is 13.6 Å². The molecule has 0 amide bonds. The first-order chi connectivity index (χ1) is 9.24. The van der Waals surface area contributed by atoms with E-state index in [9.17, 15) is 0 Å². The van der Waals surface area contributed by atoms with Crippen LogP contribution in [0.3, 0.4) is 0 Å². The molecule has 3 rings (SSSR count). The molecule has 0 aliphatic carbocycles. The van der Waals surface area contributed by atoms with Gasteiger partial charge >= 0.3 is 0 Å². The van der Waals surface area contributed by atoms with Crippen molar-refractivity contribution in [1.29, 1.82) is 0 Å². The molecule has 0 unspecified atom stereocenters. The molecule has 2 heterocycles. The lowest BCUT2D eigenvalue weighted by molar-refractivity contribution is 0.928. The summed E-state index contributed by atoms with van der Waals surface area (Å²) in [4.78, 5) is 12.8. The number of nitrogens with zero attached hydrogens (tertiary/aromatic N) is 4. The number of hydrogen-bond acceptors (Lipinski definition) is 4. The van der Waals surface area contributed by atoms with E-state index >= 15 is 0 Å². The fourth-order valence-electron chi connectivity index (χ4n) is 2.08. The monoisotopic (exact) mass is 253 g/mol. The van der Waals surface area contributed by atoms with Crippen LogP contribution in [0, 0.1) is 6.92 Å². The van der Waals surface area contributed by atoms with E-state index in [4.69, 9.17) is 0 Å². The van der Waals surface area contributed by atoms with E-state index in [2.05, 4.69) is 51.5 Å². The average molecular weight is 253 g/mol. The Morgan fingerprint density at radius 3 is 2.95 bits per heavy atom. The number of fused-ring (bicyclic) bond motifs is 1. The third kappa shape index (κ3) is 2.27. The van der Waals surface area contributed by atoms with Crippen molar-refractivity contribution in [3.05, 3.63) is 48.0 Å². The van der Waals surface area contributed by atoms with Crippen molar-refractivity contribution in [1.82, 2.24) is 19.5 Å². The summed E-state index contributed by atoms with van der Waals surface area (Å²) in [6.45, 7) is 2.81. The predicted molar refractivity (Wildman–Crippen MR) is 74.8 cm³/mol. The van der Waals surface area contributed by atoms with Crippen molar-refractivity contribution in [2.45, 2.75) is 13.5 Å². The Labute approximate surface area is 111 Å². The maximum absolute atomic E-state index is 4.32. The molecule has 3 aromatic rings. The zero-order valence-corrected chi connectivity index (χ0v) is 11.0. The summed E-state index contributed by atoms with van der Waals surface area (Å²) in [5.74, 6) is 0.770. The van der Waals surface area contributed by atoms with E-state index < -0.39 is 0 Å².